The number of hydrogen-bond acceptors (Lipinski definition) is 6. The number of rotatable bonds is 7. The smallest absolute Gasteiger partial charge is 0.245 e. The minimum absolute atomic E-state index is 0.0772. The Balaban J connectivity index is 1.51. The number of para-hydroxylation sites is 1. The number of benzene rings is 2. The van der Waals surface area contributed by atoms with Gasteiger partial charge in [0.05, 0.1) is 5.69 Å². The Morgan fingerprint density at radius 2 is 1.88 bits per heavy atom. The minimum Gasteiger partial charge on any atom is -0.457 e. The van der Waals surface area contributed by atoms with E-state index in [4.69, 9.17) is 15.9 Å². The van der Waals surface area contributed by atoms with Gasteiger partial charge in [0, 0.05) is 42.2 Å². The summed E-state index contributed by atoms with van der Waals surface area (Å²) in [6.07, 6.45) is 4.62. The number of likely N-dealkylation sites (tertiary alicyclic amines) is 1. The van der Waals surface area contributed by atoms with Gasteiger partial charge in [-0.1, -0.05) is 24.8 Å². The first-order valence-electron chi connectivity index (χ1n) is 10.9. The lowest BCUT2D eigenvalue weighted by molar-refractivity contribution is -0.127. The highest BCUT2D eigenvalue weighted by molar-refractivity contribution is 6.07. The van der Waals surface area contributed by atoms with Gasteiger partial charge in [-0.3, -0.25) is 4.79 Å². The van der Waals surface area contributed by atoms with Crippen LogP contribution < -0.4 is 15.8 Å². The fourth-order valence-electron chi connectivity index (χ4n) is 3.97. The molecular formula is C26H27N5O2. The van der Waals surface area contributed by atoms with Crippen molar-refractivity contribution in [3.8, 4) is 11.5 Å². The number of anilines is 3. The summed E-state index contributed by atoms with van der Waals surface area (Å²) in [7, 11) is 0. The zero-order chi connectivity index (χ0) is 23.2. The van der Waals surface area contributed by atoms with Gasteiger partial charge in [0.2, 0.25) is 5.91 Å². The number of nitrogens with one attached hydrogen (secondary N) is 2. The van der Waals surface area contributed by atoms with Crippen molar-refractivity contribution in [3.63, 3.8) is 0 Å². The average molecular weight is 442 g/mol. The van der Waals surface area contributed by atoms with Gasteiger partial charge in [-0.25, -0.2) is 4.98 Å². The van der Waals surface area contributed by atoms with Crippen LogP contribution in [0.4, 0.5) is 17.2 Å². The van der Waals surface area contributed by atoms with Crippen LogP contribution in [-0.4, -0.2) is 34.6 Å². The summed E-state index contributed by atoms with van der Waals surface area (Å²) >= 11 is 0. The zero-order valence-electron chi connectivity index (χ0n) is 18.3. The number of amides is 1. The Hall–Kier alpha value is -4.13. The molecule has 1 saturated heterocycles. The summed E-state index contributed by atoms with van der Waals surface area (Å²) in [4.78, 5) is 18.0. The van der Waals surface area contributed by atoms with Crippen LogP contribution in [0.3, 0.4) is 0 Å². The van der Waals surface area contributed by atoms with Crippen LogP contribution in [0.2, 0.25) is 0 Å². The van der Waals surface area contributed by atoms with Gasteiger partial charge >= 0.3 is 0 Å². The van der Waals surface area contributed by atoms with Crippen molar-refractivity contribution in [3.05, 3.63) is 85.1 Å². The summed E-state index contributed by atoms with van der Waals surface area (Å²) in [6.45, 7) is 4.76. The lowest BCUT2D eigenvalue weighted by Crippen LogP contribution is -2.41. The maximum atomic E-state index is 12.1. The van der Waals surface area contributed by atoms with E-state index in [0.29, 0.717) is 41.6 Å². The average Bonchev–Trinajstić information content (AvgIpc) is 2.86. The summed E-state index contributed by atoms with van der Waals surface area (Å²) in [5.74, 6) is 1.62. The SMILES string of the molecule is C=CC(=O)N1CCC[C@@H](C(=N)c2ccnc(N)c2Nc2ccc(Oc3ccccc3)cc2)C1. The van der Waals surface area contributed by atoms with Crippen molar-refractivity contribution in [1.29, 1.82) is 5.41 Å². The predicted octanol–water partition coefficient (Wildman–Crippen LogP) is 4.99. The molecule has 4 N–H and O–H groups in total. The maximum Gasteiger partial charge on any atom is 0.245 e. The molecule has 7 heteroatoms. The zero-order valence-corrected chi connectivity index (χ0v) is 18.3. The first-order chi connectivity index (χ1) is 16.0. The summed E-state index contributed by atoms with van der Waals surface area (Å²) < 4.78 is 5.85. The molecular weight excluding hydrogens is 414 g/mol. The number of ether oxygens (including phenoxy) is 1. The van der Waals surface area contributed by atoms with E-state index < -0.39 is 0 Å². The summed E-state index contributed by atoms with van der Waals surface area (Å²) in [6, 6.07) is 18.9. The van der Waals surface area contributed by atoms with E-state index in [9.17, 15) is 4.79 Å². The number of carbonyl (C=O) groups excluding carboxylic acids is 1. The Labute approximate surface area is 193 Å². The Morgan fingerprint density at radius 1 is 1.15 bits per heavy atom. The topological polar surface area (TPSA) is 104 Å². The molecule has 4 rings (SSSR count). The van der Waals surface area contributed by atoms with Crippen molar-refractivity contribution in [2.75, 3.05) is 24.1 Å². The molecule has 0 bridgehead atoms. The van der Waals surface area contributed by atoms with Crippen LogP contribution >= 0.6 is 0 Å². The number of piperidine rings is 1. The fourth-order valence-corrected chi connectivity index (χ4v) is 3.97. The number of carbonyl (C=O) groups is 1. The first-order valence-corrected chi connectivity index (χ1v) is 10.9. The number of nitrogens with two attached hydrogens (primary N) is 1. The predicted molar refractivity (Wildman–Crippen MR) is 131 cm³/mol. The normalized spacial score (nSPS) is 15.5. The third-order valence-electron chi connectivity index (χ3n) is 5.69. The highest BCUT2D eigenvalue weighted by Crippen LogP contribution is 2.31. The second-order valence-electron chi connectivity index (χ2n) is 7.92. The maximum absolute atomic E-state index is 12.1. The molecule has 1 aliphatic heterocycles. The van der Waals surface area contributed by atoms with Gasteiger partial charge < -0.3 is 26.1 Å². The van der Waals surface area contributed by atoms with E-state index in [1.54, 1.807) is 17.2 Å². The molecule has 0 saturated carbocycles. The standard InChI is InChI=1S/C26H27N5O2/c1-2-23(32)31-16-6-7-18(17-31)24(27)22-14-15-29-26(28)25(22)30-19-10-12-21(13-11-19)33-20-8-4-3-5-9-20/h2-5,8-15,18,27,30H,1,6-7,16-17H2,(H2,28,29)/t18-/m1/s1. The van der Waals surface area contributed by atoms with E-state index >= 15 is 0 Å². The van der Waals surface area contributed by atoms with Crippen molar-refractivity contribution in [2.45, 2.75) is 12.8 Å². The first kappa shape index (κ1) is 22.1. The molecule has 33 heavy (non-hydrogen) atoms. The molecule has 0 spiro atoms. The van der Waals surface area contributed by atoms with Crippen LogP contribution in [0.1, 0.15) is 18.4 Å². The number of nitrogen functional groups attached to an aromatic ring is 1. The van der Waals surface area contributed by atoms with Gasteiger partial charge in [-0.15, -0.1) is 0 Å². The molecule has 1 aromatic heterocycles. The van der Waals surface area contributed by atoms with Gasteiger partial charge in [0.15, 0.2) is 0 Å². The lowest BCUT2D eigenvalue weighted by atomic mass is 9.88. The molecule has 1 amide bonds. The molecule has 0 unspecified atom stereocenters. The molecule has 2 heterocycles. The van der Waals surface area contributed by atoms with E-state index in [1.807, 2.05) is 54.6 Å². The second kappa shape index (κ2) is 9.99. The van der Waals surface area contributed by atoms with Crippen molar-refractivity contribution in [1.82, 2.24) is 9.88 Å². The number of hydrogen-bond donors (Lipinski definition) is 3. The van der Waals surface area contributed by atoms with Crippen LogP contribution in [-0.2, 0) is 4.79 Å². The molecule has 0 radical (unpaired) electrons. The lowest BCUT2D eigenvalue weighted by Gasteiger charge is -2.33. The molecule has 3 aromatic rings. The Kier molecular flexibility index (Phi) is 6.69. The summed E-state index contributed by atoms with van der Waals surface area (Å²) in [5, 5.41) is 12.2. The number of aromatic nitrogens is 1. The quantitative estimate of drug-likeness (QED) is 0.354. The molecule has 0 aliphatic carbocycles. The van der Waals surface area contributed by atoms with Crippen LogP contribution in [0.5, 0.6) is 11.5 Å². The van der Waals surface area contributed by atoms with Gasteiger partial charge in [-0.05, 0) is 61.4 Å². The Bertz CT molecular complexity index is 1150. The molecule has 2 aromatic carbocycles. The second-order valence-corrected chi connectivity index (χ2v) is 7.92. The van der Waals surface area contributed by atoms with Gasteiger partial charge in [0.1, 0.15) is 17.3 Å². The van der Waals surface area contributed by atoms with Gasteiger partial charge in [-0.2, -0.15) is 0 Å². The van der Waals surface area contributed by atoms with Crippen LogP contribution in [0, 0.1) is 11.3 Å². The molecule has 168 valence electrons. The van der Waals surface area contributed by atoms with Crippen LogP contribution in [0.15, 0.2) is 79.5 Å². The molecule has 7 nitrogen and oxygen atoms in total. The van der Waals surface area contributed by atoms with E-state index in [1.165, 1.54) is 6.08 Å². The van der Waals surface area contributed by atoms with E-state index in [-0.39, 0.29) is 11.8 Å². The number of pyridine rings is 1. The summed E-state index contributed by atoms with van der Waals surface area (Å²) in [5.41, 5.74) is 8.71. The van der Waals surface area contributed by atoms with Crippen LogP contribution in [0.25, 0.3) is 0 Å². The molecule has 1 atom stereocenters. The van der Waals surface area contributed by atoms with Crippen molar-refractivity contribution >= 4 is 28.8 Å². The third-order valence-corrected chi connectivity index (χ3v) is 5.69. The Morgan fingerprint density at radius 3 is 2.61 bits per heavy atom. The molecule has 1 aliphatic rings. The monoisotopic (exact) mass is 441 g/mol. The highest BCUT2D eigenvalue weighted by atomic mass is 16.5. The third kappa shape index (κ3) is 5.20. The highest BCUT2D eigenvalue weighted by Gasteiger charge is 2.27. The number of nitrogens with zero attached hydrogens (tertiary/aromatic N) is 2. The molecule has 1 fully saturated rings. The van der Waals surface area contributed by atoms with Crippen molar-refractivity contribution in [2.24, 2.45) is 5.92 Å². The van der Waals surface area contributed by atoms with Gasteiger partial charge in [0.25, 0.3) is 0 Å². The minimum atomic E-state index is -0.0992. The largest absolute Gasteiger partial charge is 0.457 e. The van der Waals surface area contributed by atoms with E-state index in [2.05, 4.69) is 16.9 Å². The fraction of sp³-hybridized carbons (Fsp3) is 0.192. The van der Waals surface area contributed by atoms with E-state index in [0.717, 1.165) is 24.3 Å². The van der Waals surface area contributed by atoms with Crippen molar-refractivity contribution < 1.29 is 9.53 Å².